The number of nitrogens with zero attached hydrogens (tertiary/aromatic N) is 4. The van der Waals surface area contributed by atoms with Gasteiger partial charge in [-0.2, -0.15) is 4.68 Å². The Balaban J connectivity index is 1.43. The Morgan fingerprint density at radius 3 is 2.79 bits per heavy atom. The zero-order valence-corrected chi connectivity index (χ0v) is 15.9. The Bertz CT molecular complexity index is 1030. The van der Waals surface area contributed by atoms with Crippen LogP contribution in [0.1, 0.15) is 0 Å². The molecule has 0 radical (unpaired) electrons. The van der Waals surface area contributed by atoms with Crippen LogP contribution in [-0.4, -0.2) is 40.9 Å². The van der Waals surface area contributed by atoms with Crippen LogP contribution < -0.4 is 14.8 Å². The first-order valence-corrected chi connectivity index (χ1v) is 9.39. The third-order valence-electron chi connectivity index (χ3n) is 4.79. The molecule has 3 aromatic rings. The molecule has 2 N–H and O–H groups in total. The van der Waals surface area contributed by atoms with E-state index in [1.165, 1.54) is 17.0 Å². The van der Waals surface area contributed by atoms with Gasteiger partial charge in [-0.05, 0) is 24.4 Å². The first-order chi connectivity index (χ1) is 13.6. The highest BCUT2D eigenvalue weighted by molar-refractivity contribution is 7.71. The van der Waals surface area contributed by atoms with E-state index in [0.29, 0.717) is 18.1 Å². The van der Waals surface area contributed by atoms with Gasteiger partial charge in [0.15, 0.2) is 6.67 Å². The lowest BCUT2D eigenvalue weighted by atomic mass is 10.2. The number of non-ortho nitro benzene ring substituents is 1. The fraction of sp³-hybridized carbons (Fsp3) is 0.278. The van der Waals surface area contributed by atoms with Crippen LogP contribution in [0.3, 0.4) is 0 Å². The summed E-state index contributed by atoms with van der Waals surface area (Å²) in [6.07, 6.45) is 1.93. The molecule has 1 fully saturated rings. The summed E-state index contributed by atoms with van der Waals surface area (Å²) in [5, 5.41) is 15.4. The molecular formula is C18H20N6O3S+2. The number of benzene rings is 1. The van der Waals surface area contributed by atoms with Gasteiger partial charge < -0.3 is 9.32 Å². The summed E-state index contributed by atoms with van der Waals surface area (Å²) < 4.78 is 7.24. The molecule has 1 saturated heterocycles. The number of anilines is 1. The number of rotatable bonds is 5. The van der Waals surface area contributed by atoms with Gasteiger partial charge in [0, 0.05) is 23.8 Å². The molecule has 0 bridgehead atoms. The van der Waals surface area contributed by atoms with Gasteiger partial charge in [-0.1, -0.05) is 12.1 Å². The number of nitro benzene ring substituents is 1. The average Bonchev–Trinajstić information content (AvgIpc) is 3.10. The predicted octanol–water partition coefficient (Wildman–Crippen LogP) is 0.957. The van der Waals surface area contributed by atoms with Crippen LogP contribution in [0.2, 0.25) is 0 Å². The summed E-state index contributed by atoms with van der Waals surface area (Å²) in [7, 11) is 0. The fourth-order valence-electron chi connectivity index (χ4n) is 3.29. The van der Waals surface area contributed by atoms with Crippen molar-refractivity contribution in [1.82, 2.24) is 9.78 Å². The third kappa shape index (κ3) is 3.92. The Morgan fingerprint density at radius 2 is 2.07 bits per heavy atom. The lowest BCUT2D eigenvalue weighted by Crippen LogP contribution is -3.14. The summed E-state index contributed by atoms with van der Waals surface area (Å²) in [6.45, 7) is 4.36. The maximum Gasteiger partial charge on any atom is 0.292 e. The monoisotopic (exact) mass is 400 g/mol. The van der Waals surface area contributed by atoms with Gasteiger partial charge in [0.25, 0.3) is 16.3 Å². The average molecular weight is 400 g/mol. The van der Waals surface area contributed by atoms with Gasteiger partial charge in [0.05, 0.1) is 11.1 Å². The highest BCUT2D eigenvalue weighted by Gasteiger charge is 2.26. The molecule has 1 aliphatic rings. The van der Waals surface area contributed by atoms with E-state index < -0.39 is 4.92 Å². The summed E-state index contributed by atoms with van der Waals surface area (Å²) in [5.41, 5.74) is 0.533. The lowest BCUT2D eigenvalue weighted by molar-refractivity contribution is -0.924. The van der Waals surface area contributed by atoms with Crippen LogP contribution in [0.25, 0.3) is 11.5 Å². The molecule has 0 saturated carbocycles. The SMILES string of the molecule is O=[N+]([O-])c1cccc(-c2nn(C[NH+]3CCN(c4cccc[nH+]4)CC3)c(=S)o2)c1. The van der Waals surface area contributed by atoms with E-state index in [4.69, 9.17) is 16.6 Å². The van der Waals surface area contributed by atoms with E-state index in [-0.39, 0.29) is 10.5 Å². The molecule has 3 heterocycles. The number of H-pyrrole nitrogens is 1. The highest BCUT2D eigenvalue weighted by atomic mass is 32.1. The topological polar surface area (TPSA) is 95.9 Å². The number of quaternary nitrogens is 1. The second-order valence-electron chi connectivity index (χ2n) is 6.62. The number of hydrogen-bond acceptors (Lipinski definition) is 6. The minimum Gasteiger partial charge on any atom is -0.409 e. The van der Waals surface area contributed by atoms with Crippen LogP contribution in [0.15, 0.2) is 53.1 Å². The number of aromatic amines is 1. The predicted molar refractivity (Wildman–Crippen MR) is 103 cm³/mol. The van der Waals surface area contributed by atoms with Gasteiger partial charge in [-0.15, -0.1) is 5.10 Å². The molecule has 0 spiro atoms. The summed E-state index contributed by atoms with van der Waals surface area (Å²) >= 11 is 5.30. The van der Waals surface area contributed by atoms with Crippen molar-refractivity contribution in [3.8, 4) is 11.5 Å². The van der Waals surface area contributed by atoms with Crippen molar-refractivity contribution < 1.29 is 19.2 Å². The van der Waals surface area contributed by atoms with Crippen LogP contribution >= 0.6 is 12.2 Å². The third-order valence-corrected chi connectivity index (χ3v) is 5.08. The van der Waals surface area contributed by atoms with Crippen LogP contribution in [0, 0.1) is 15.0 Å². The second kappa shape index (κ2) is 7.87. The zero-order valence-electron chi connectivity index (χ0n) is 15.1. The van der Waals surface area contributed by atoms with Gasteiger partial charge in [-0.3, -0.25) is 15.0 Å². The molecule has 4 rings (SSSR count). The normalized spacial score (nSPS) is 14.9. The standard InChI is InChI=1S/C18H18N6O3S/c25-24(26)15-5-3-4-14(12-15)17-20-23(18(28)27-17)13-21-8-10-22(11-9-21)16-6-1-2-7-19-16/h1-7,12H,8-11,13H2/p+2. The number of piperazine rings is 1. The fourth-order valence-corrected chi connectivity index (χ4v) is 3.47. The van der Waals surface area contributed by atoms with Crippen molar-refractivity contribution in [3.63, 3.8) is 0 Å². The van der Waals surface area contributed by atoms with Gasteiger partial charge in [0.1, 0.15) is 26.2 Å². The van der Waals surface area contributed by atoms with E-state index >= 15 is 0 Å². The van der Waals surface area contributed by atoms with E-state index in [1.807, 2.05) is 18.3 Å². The first-order valence-electron chi connectivity index (χ1n) is 8.98. The summed E-state index contributed by atoms with van der Waals surface area (Å²) in [5.74, 6) is 1.41. The maximum absolute atomic E-state index is 11.0. The first kappa shape index (κ1) is 18.3. The van der Waals surface area contributed by atoms with Crippen molar-refractivity contribution >= 4 is 23.7 Å². The van der Waals surface area contributed by atoms with E-state index in [9.17, 15) is 10.1 Å². The molecule has 9 nitrogen and oxygen atoms in total. The molecule has 144 valence electrons. The van der Waals surface area contributed by atoms with Crippen LogP contribution in [0.4, 0.5) is 11.5 Å². The van der Waals surface area contributed by atoms with Gasteiger partial charge in [-0.25, -0.2) is 4.98 Å². The minimum atomic E-state index is -0.442. The summed E-state index contributed by atoms with van der Waals surface area (Å²) in [4.78, 5) is 17.7. The molecule has 1 aromatic carbocycles. The van der Waals surface area contributed by atoms with Crippen molar-refractivity contribution in [2.24, 2.45) is 0 Å². The number of nitro groups is 1. The molecule has 28 heavy (non-hydrogen) atoms. The molecule has 2 aromatic heterocycles. The molecule has 0 atom stereocenters. The Hall–Kier alpha value is -3.11. The van der Waals surface area contributed by atoms with Crippen molar-refractivity contribution in [3.05, 3.63) is 63.6 Å². The van der Waals surface area contributed by atoms with Crippen molar-refractivity contribution in [2.45, 2.75) is 6.67 Å². The molecule has 10 heteroatoms. The quantitative estimate of drug-likeness (QED) is 0.389. The van der Waals surface area contributed by atoms with E-state index in [1.54, 1.807) is 16.8 Å². The van der Waals surface area contributed by atoms with E-state index in [2.05, 4.69) is 21.0 Å². The summed E-state index contributed by atoms with van der Waals surface area (Å²) in [6, 6.07) is 12.3. The highest BCUT2D eigenvalue weighted by Crippen LogP contribution is 2.22. The molecule has 0 amide bonds. The Morgan fingerprint density at radius 1 is 1.25 bits per heavy atom. The second-order valence-corrected chi connectivity index (χ2v) is 6.97. The number of aromatic nitrogens is 3. The number of hydrogen-bond donors (Lipinski definition) is 1. The lowest BCUT2D eigenvalue weighted by Gasteiger charge is -2.27. The van der Waals surface area contributed by atoms with Gasteiger partial charge in [0.2, 0.25) is 5.89 Å². The van der Waals surface area contributed by atoms with Crippen LogP contribution in [-0.2, 0) is 6.67 Å². The molecular weight excluding hydrogens is 380 g/mol. The number of pyridine rings is 1. The Labute approximate surface area is 166 Å². The smallest absolute Gasteiger partial charge is 0.292 e. The molecule has 0 unspecified atom stereocenters. The van der Waals surface area contributed by atoms with Crippen LogP contribution in [0.5, 0.6) is 0 Å². The van der Waals surface area contributed by atoms with E-state index in [0.717, 1.165) is 32.0 Å². The van der Waals surface area contributed by atoms with Gasteiger partial charge >= 0.3 is 0 Å². The van der Waals surface area contributed by atoms with Crippen molar-refractivity contribution in [2.75, 3.05) is 31.1 Å². The maximum atomic E-state index is 11.0. The molecule has 1 aliphatic heterocycles. The largest absolute Gasteiger partial charge is 0.409 e. The molecule has 0 aliphatic carbocycles. The minimum absolute atomic E-state index is 0.00682. The Kier molecular flexibility index (Phi) is 5.13. The number of nitrogens with one attached hydrogen (secondary N) is 2. The zero-order chi connectivity index (χ0) is 19.5. The van der Waals surface area contributed by atoms with Crippen molar-refractivity contribution in [1.29, 1.82) is 0 Å².